The highest BCUT2D eigenvalue weighted by Gasteiger charge is 2.32. The van der Waals surface area contributed by atoms with Crippen molar-refractivity contribution < 1.29 is 18.3 Å². The minimum absolute atomic E-state index is 0.0801. The van der Waals surface area contributed by atoms with Crippen LogP contribution in [0.2, 0.25) is 0 Å². The standard InChI is InChI=1S/C26H26F2N2O2/c1-32-24-9-5-8-23(14-24)29-26(31)21-12-20(18-6-3-2-4-7-18)16-30(17-21)15-19-10-11-22(27)13-25(19)28/h2-11,13-14,20-21H,12,15-17H2,1H3,(H,29,31)/t20-,21+/m0/s1. The molecule has 0 spiro atoms. The molecule has 6 heteroatoms. The summed E-state index contributed by atoms with van der Waals surface area (Å²) in [5, 5.41) is 2.99. The number of halogens is 2. The number of rotatable bonds is 6. The second kappa shape index (κ2) is 9.92. The largest absolute Gasteiger partial charge is 0.497 e. The van der Waals surface area contributed by atoms with Crippen molar-refractivity contribution in [1.82, 2.24) is 4.90 Å². The van der Waals surface area contributed by atoms with E-state index in [1.807, 2.05) is 36.4 Å². The maximum atomic E-state index is 14.3. The van der Waals surface area contributed by atoms with Crippen LogP contribution in [0.1, 0.15) is 23.5 Å². The van der Waals surface area contributed by atoms with Crippen LogP contribution in [0.4, 0.5) is 14.5 Å². The summed E-state index contributed by atoms with van der Waals surface area (Å²) in [6, 6.07) is 20.9. The molecular formula is C26H26F2N2O2. The predicted octanol–water partition coefficient (Wildman–Crippen LogP) is 5.22. The number of nitrogens with zero attached hydrogens (tertiary/aromatic N) is 1. The van der Waals surface area contributed by atoms with Crippen LogP contribution < -0.4 is 10.1 Å². The van der Waals surface area contributed by atoms with Crippen LogP contribution in [0.25, 0.3) is 0 Å². The fourth-order valence-corrected chi connectivity index (χ4v) is 4.31. The molecule has 4 nitrogen and oxygen atoms in total. The number of anilines is 1. The molecular weight excluding hydrogens is 410 g/mol. The molecule has 3 aromatic rings. The summed E-state index contributed by atoms with van der Waals surface area (Å²) in [4.78, 5) is 15.2. The lowest BCUT2D eigenvalue weighted by Gasteiger charge is -2.37. The van der Waals surface area contributed by atoms with Gasteiger partial charge in [-0.15, -0.1) is 0 Å². The number of ether oxygens (including phenoxy) is 1. The number of carbonyl (C=O) groups is 1. The fourth-order valence-electron chi connectivity index (χ4n) is 4.31. The molecule has 1 amide bonds. The average molecular weight is 437 g/mol. The van der Waals surface area contributed by atoms with E-state index in [2.05, 4.69) is 22.3 Å². The normalized spacial score (nSPS) is 18.8. The van der Waals surface area contributed by atoms with Crippen LogP contribution in [0.5, 0.6) is 5.75 Å². The Morgan fingerprint density at radius 3 is 2.59 bits per heavy atom. The lowest BCUT2D eigenvalue weighted by Crippen LogP contribution is -2.43. The summed E-state index contributed by atoms with van der Waals surface area (Å²) in [6.45, 7) is 1.51. The Labute approximate surface area is 186 Å². The summed E-state index contributed by atoms with van der Waals surface area (Å²) >= 11 is 0. The summed E-state index contributed by atoms with van der Waals surface area (Å²) in [5.74, 6) is -0.713. The van der Waals surface area contributed by atoms with Gasteiger partial charge in [-0.2, -0.15) is 0 Å². The predicted molar refractivity (Wildman–Crippen MR) is 121 cm³/mol. The average Bonchev–Trinajstić information content (AvgIpc) is 2.81. The molecule has 3 aromatic carbocycles. The van der Waals surface area contributed by atoms with Crippen molar-refractivity contribution in [3.63, 3.8) is 0 Å². The van der Waals surface area contributed by atoms with Crippen LogP contribution in [-0.2, 0) is 11.3 Å². The summed E-state index contributed by atoms with van der Waals surface area (Å²) in [6.07, 6.45) is 0.697. The summed E-state index contributed by atoms with van der Waals surface area (Å²) in [7, 11) is 1.58. The molecule has 4 rings (SSSR count). The first-order valence-electron chi connectivity index (χ1n) is 10.7. The number of methoxy groups -OCH3 is 1. The van der Waals surface area contributed by atoms with Gasteiger partial charge in [0.25, 0.3) is 0 Å². The topological polar surface area (TPSA) is 41.6 Å². The third-order valence-corrected chi connectivity index (χ3v) is 5.91. The van der Waals surface area contributed by atoms with E-state index in [-0.39, 0.29) is 17.7 Å². The number of piperidine rings is 1. The monoisotopic (exact) mass is 436 g/mol. The van der Waals surface area contributed by atoms with E-state index in [1.165, 1.54) is 12.1 Å². The summed E-state index contributed by atoms with van der Waals surface area (Å²) in [5.41, 5.74) is 2.25. The molecule has 0 saturated carbocycles. The Kier molecular flexibility index (Phi) is 6.81. The lowest BCUT2D eigenvalue weighted by atomic mass is 9.84. The Bertz CT molecular complexity index is 1070. The van der Waals surface area contributed by atoms with Gasteiger partial charge in [0.1, 0.15) is 17.4 Å². The lowest BCUT2D eigenvalue weighted by molar-refractivity contribution is -0.121. The molecule has 1 N–H and O–H groups in total. The quantitative estimate of drug-likeness (QED) is 0.576. The van der Waals surface area contributed by atoms with E-state index in [0.29, 0.717) is 43.1 Å². The number of likely N-dealkylation sites (tertiary alicyclic amines) is 1. The fraction of sp³-hybridized carbons (Fsp3) is 0.269. The highest BCUT2D eigenvalue weighted by atomic mass is 19.1. The van der Waals surface area contributed by atoms with Crippen LogP contribution in [0, 0.1) is 17.6 Å². The van der Waals surface area contributed by atoms with Gasteiger partial charge in [0.05, 0.1) is 13.0 Å². The maximum absolute atomic E-state index is 14.3. The highest BCUT2D eigenvalue weighted by molar-refractivity contribution is 5.93. The van der Waals surface area contributed by atoms with Crippen molar-refractivity contribution in [2.45, 2.75) is 18.9 Å². The zero-order valence-electron chi connectivity index (χ0n) is 17.9. The number of benzene rings is 3. The van der Waals surface area contributed by atoms with Gasteiger partial charge in [-0.1, -0.05) is 42.5 Å². The van der Waals surface area contributed by atoms with Gasteiger partial charge < -0.3 is 10.1 Å². The number of amides is 1. The molecule has 1 fully saturated rings. The van der Waals surface area contributed by atoms with Gasteiger partial charge >= 0.3 is 0 Å². The third kappa shape index (κ3) is 5.32. The molecule has 0 aromatic heterocycles. The van der Waals surface area contributed by atoms with Gasteiger partial charge in [0.2, 0.25) is 5.91 Å². The number of nitrogens with one attached hydrogen (secondary N) is 1. The zero-order valence-corrected chi connectivity index (χ0v) is 17.9. The maximum Gasteiger partial charge on any atom is 0.228 e. The van der Waals surface area contributed by atoms with Gasteiger partial charge in [0.15, 0.2) is 0 Å². The van der Waals surface area contributed by atoms with E-state index in [0.717, 1.165) is 11.6 Å². The van der Waals surface area contributed by atoms with Crippen molar-refractivity contribution in [2.75, 3.05) is 25.5 Å². The van der Waals surface area contributed by atoms with E-state index < -0.39 is 11.6 Å². The number of carbonyl (C=O) groups excluding carboxylic acids is 1. The van der Waals surface area contributed by atoms with Gasteiger partial charge in [-0.25, -0.2) is 8.78 Å². The summed E-state index contributed by atoms with van der Waals surface area (Å²) < 4.78 is 32.8. The smallest absolute Gasteiger partial charge is 0.228 e. The van der Waals surface area contributed by atoms with E-state index >= 15 is 0 Å². The SMILES string of the molecule is COc1cccc(NC(=O)[C@@H]2C[C@H](c3ccccc3)CN(Cc3ccc(F)cc3F)C2)c1. The minimum Gasteiger partial charge on any atom is -0.497 e. The minimum atomic E-state index is -0.595. The molecule has 2 atom stereocenters. The Hall–Kier alpha value is -3.25. The van der Waals surface area contributed by atoms with E-state index in [9.17, 15) is 13.6 Å². The van der Waals surface area contributed by atoms with Crippen LogP contribution >= 0.6 is 0 Å². The second-order valence-corrected chi connectivity index (χ2v) is 8.19. The molecule has 0 bridgehead atoms. The number of hydrogen-bond acceptors (Lipinski definition) is 3. The van der Waals surface area contributed by atoms with Crippen LogP contribution in [-0.4, -0.2) is 31.0 Å². The van der Waals surface area contributed by atoms with Crippen molar-refractivity contribution in [2.24, 2.45) is 5.92 Å². The molecule has 0 aliphatic carbocycles. The molecule has 1 saturated heterocycles. The van der Waals surface area contributed by atoms with Crippen LogP contribution in [0.3, 0.4) is 0 Å². The Morgan fingerprint density at radius 2 is 1.84 bits per heavy atom. The molecule has 0 unspecified atom stereocenters. The van der Waals surface area contributed by atoms with Crippen molar-refractivity contribution in [1.29, 1.82) is 0 Å². The third-order valence-electron chi connectivity index (χ3n) is 5.91. The molecule has 1 aliphatic rings. The molecule has 0 radical (unpaired) electrons. The second-order valence-electron chi connectivity index (χ2n) is 8.19. The van der Waals surface area contributed by atoms with Gasteiger partial charge in [0, 0.05) is 43.0 Å². The highest BCUT2D eigenvalue weighted by Crippen LogP contribution is 2.32. The number of hydrogen-bond donors (Lipinski definition) is 1. The van der Waals surface area contributed by atoms with Gasteiger partial charge in [-0.05, 0) is 36.1 Å². The van der Waals surface area contributed by atoms with E-state index in [1.54, 1.807) is 13.2 Å². The molecule has 32 heavy (non-hydrogen) atoms. The van der Waals surface area contributed by atoms with Crippen molar-refractivity contribution in [3.8, 4) is 5.75 Å². The Balaban J connectivity index is 1.54. The molecule has 166 valence electrons. The molecule has 1 aliphatic heterocycles. The van der Waals surface area contributed by atoms with Gasteiger partial charge in [-0.3, -0.25) is 9.69 Å². The first kappa shape index (κ1) is 22.0. The van der Waals surface area contributed by atoms with Crippen molar-refractivity contribution >= 4 is 11.6 Å². The Morgan fingerprint density at radius 1 is 1.03 bits per heavy atom. The first-order chi connectivity index (χ1) is 15.5. The zero-order chi connectivity index (χ0) is 22.5. The van der Waals surface area contributed by atoms with E-state index in [4.69, 9.17) is 4.74 Å². The van der Waals surface area contributed by atoms with Crippen molar-refractivity contribution in [3.05, 3.63) is 95.6 Å². The molecule has 1 heterocycles. The van der Waals surface area contributed by atoms with Crippen LogP contribution in [0.15, 0.2) is 72.8 Å². The first-order valence-corrected chi connectivity index (χ1v) is 10.7.